The highest BCUT2D eigenvalue weighted by molar-refractivity contribution is 5.94. The van der Waals surface area contributed by atoms with E-state index in [9.17, 15) is 9.59 Å². The molecule has 1 N–H and O–H groups in total. The van der Waals surface area contributed by atoms with Gasteiger partial charge in [0.25, 0.3) is 0 Å². The molecule has 0 radical (unpaired) electrons. The zero-order chi connectivity index (χ0) is 14.8. The van der Waals surface area contributed by atoms with Crippen LogP contribution in [0, 0.1) is 5.41 Å². The predicted molar refractivity (Wildman–Crippen MR) is 74.7 cm³/mol. The Hall–Kier alpha value is -2.04. The Balaban J connectivity index is 2.04. The van der Waals surface area contributed by atoms with Crippen molar-refractivity contribution in [1.29, 1.82) is 0 Å². The molecular formula is C15H19NO4. The molecule has 0 unspecified atom stereocenters. The lowest BCUT2D eigenvalue weighted by Gasteiger charge is -2.23. The van der Waals surface area contributed by atoms with E-state index in [0.717, 1.165) is 11.3 Å². The van der Waals surface area contributed by atoms with Crippen LogP contribution in [-0.4, -0.2) is 25.6 Å². The molecule has 108 valence electrons. The van der Waals surface area contributed by atoms with Crippen molar-refractivity contribution >= 4 is 17.6 Å². The lowest BCUT2D eigenvalue weighted by atomic mass is 9.95. The molecule has 0 bridgehead atoms. The Kier molecular flexibility index (Phi) is 3.97. The highest BCUT2D eigenvalue weighted by atomic mass is 16.5. The van der Waals surface area contributed by atoms with Crippen LogP contribution in [-0.2, 0) is 20.7 Å². The molecule has 1 aromatic rings. The number of fused-ring (bicyclic) bond motifs is 1. The second-order valence-electron chi connectivity index (χ2n) is 5.53. The third kappa shape index (κ3) is 3.10. The fourth-order valence-corrected chi connectivity index (χ4v) is 2.05. The standard InChI is InChI=1S/C15H19NO4/c1-15(2,14(18)19-3)9-20-11-5-6-12-10(8-11)4-7-13(17)16-12/h5-6,8H,4,7,9H2,1-3H3,(H,16,17). The van der Waals surface area contributed by atoms with E-state index in [0.29, 0.717) is 18.6 Å². The fourth-order valence-electron chi connectivity index (χ4n) is 2.05. The van der Waals surface area contributed by atoms with Gasteiger partial charge in [-0.25, -0.2) is 0 Å². The van der Waals surface area contributed by atoms with Crippen molar-refractivity contribution in [3.05, 3.63) is 23.8 Å². The largest absolute Gasteiger partial charge is 0.492 e. The molecule has 0 fully saturated rings. The van der Waals surface area contributed by atoms with Crippen molar-refractivity contribution < 1.29 is 19.1 Å². The van der Waals surface area contributed by atoms with Gasteiger partial charge in [-0.2, -0.15) is 0 Å². The van der Waals surface area contributed by atoms with Crippen LogP contribution in [0.5, 0.6) is 5.75 Å². The third-order valence-corrected chi connectivity index (χ3v) is 3.31. The summed E-state index contributed by atoms with van der Waals surface area (Å²) in [5.74, 6) is 0.428. The van der Waals surface area contributed by atoms with Gasteiger partial charge >= 0.3 is 5.97 Å². The monoisotopic (exact) mass is 277 g/mol. The van der Waals surface area contributed by atoms with E-state index in [1.165, 1.54) is 7.11 Å². The number of carbonyl (C=O) groups is 2. The minimum absolute atomic E-state index is 0.0398. The Morgan fingerprint density at radius 1 is 1.35 bits per heavy atom. The first-order valence-corrected chi connectivity index (χ1v) is 6.56. The van der Waals surface area contributed by atoms with Crippen molar-refractivity contribution in [2.45, 2.75) is 26.7 Å². The van der Waals surface area contributed by atoms with Gasteiger partial charge in [0, 0.05) is 12.1 Å². The fraction of sp³-hybridized carbons (Fsp3) is 0.467. The number of aryl methyl sites for hydroxylation is 1. The van der Waals surface area contributed by atoms with E-state index in [4.69, 9.17) is 9.47 Å². The lowest BCUT2D eigenvalue weighted by Crippen LogP contribution is -2.32. The van der Waals surface area contributed by atoms with Crippen molar-refractivity contribution in [3.8, 4) is 5.75 Å². The summed E-state index contributed by atoms with van der Waals surface area (Å²) < 4.78 is 10.4. The van der Waals surface area contributed by atoms with Gasteiger partial charge in [0.1, 0.15) is 12.4 Å². The second-order valence-corrected chi connectivity index (χ2v) is 5.53. The van der Waals surface area contributed by atoms with E-state index >= 15 is 0 Å². The zero-order valence-corrected chi connectivity index (χ0v) is 12.0. The first kappa shape index (κ1) is 14.4. The summed E-state index contributed by atoms with van der Waals surface area (Å²) in [6, 6.07) is 5.52. The molecule has 1 amide bonds. The summed E-state index contributed by atoms with van der Waals surface area (Å²) in [5.41, 5.74) is 1.19. The number of anilines is 1. The first-order valence-electron chi connectivity index (χ1n) is 6.56. The van der Waals surface area contributed by atoms with E-state index in [-0.39, 0.29) is 18.5 Å². The zero-order valence-electron chi connectivity index (χ0n) is 12.0. The number of ether oxygens (including phenoxy) is 2. The van der Waals surface area contributed by atoms with Crippen molar-refractivity contribution in [3.63, 3.8) is 0 Å². The van der Waals surface area contributed by atoms with Crippen LogP contribution < -0.4 is 10.1 Å². The SMILES string of the molecule is COC(=O)C(C)(C)COc1ccc2c(c1)CCC(=O)N2. The normalized spacial score (nSPS) is 14.2. The molecular weight excluding hydrogens is 258 g/mol. The topological polar surface area (TPSA) is 64.6 Å². The van der Waals surface area contributed by atoms with E-state index in [1.807, 2.05) is 12.1 Å². The number of amides is 1. The van der Waals surface area contributed by atoms with Crippen LogP contribution in [0.4, 0.5) is 5.69 Å². The number of benzene rings is 1. The van der Waals surface area contributed by atoms with E-state index < -0.39 is 5.41 Å². The Morgan fingerprint density at radius 3 is 2.80 bits per heavy atom. The number of carbonyl (C=O) groups excluding carboxylic acids is 2. The molecule has 1 heterocycles. The number of rotatable bonds is 4. The van der Waals surface area contributed by atoms with Gasteiger partial charge in [-0.3, -0.25) is 9.59 Å². The smallest absolute Gasteiger partial charge is 0.314 e. The second kappa shape index (κ2) is 5.53. The summed E-state index contributed by atoms with van der Waals surface area (Å²) in [7, 11) is 1.37. The van der Waals surface area contributed by atoms with Crippen molar-refractivity contribution in [2.75, 3.05) is 19.0 Å². The Morgan fingerprint density at radius 2 is 2.10 bits per heavy atom. The Bertz CT molecular complexity index is 537. The average Bonchev–Trinajstić information content (AvgIpc) is 2.44. The third-order valence-electron chi connectivity index (χ3n) is 3.31. The summed E-state index contributed by atoms with van der Waals surface area (Å²) in [5, 5.41) is 2.82. The van der Waals surface area contributed by atoms with Gasteiger partial charge in [-0.1, -0.05) is 0 Å². The quantitative estimate of drug-likeness (QED) is 0.856. The molecule has 20 heavy (non-hydrogen) atoms. The van der Waals surface area contributed by atoms with Crippen LogP contribution in [0.25, 0.3) is 0 Å². The highest BCUT2D eigenvalue weighted by Gasteiger charge is 2.29. The van der Waals surface area contributed by atoms with E-state index in [2.05, 4.69) is 5.32 Å². The minimum atomic E-state index is -0.696. The predicted octanol–water partition coefficient (Wildman–Crippen LogP) is 2.15. The van der Waals surface area contributed by atoms with Crippen LogP contribution in [0.15, 0.2) is 18.2 Å². The molecule has 5 nitrogen and oxygen atoms in total. The maximum atomic E-state index is 11.6. The van der Waals surface area contributed by atoms with Crippen LogP contribution in [0.1, 0.15) is 25.8 Å². The Labute approximate surface area is 118 Å². The van der Waals surface area contributed by atoms with Crippen molar-refractivity contribution in [2.24, 2.45) is 5.41 Å². The van der Waals surface area contributed by atoms with Gasteiger partial charge in [0.2, 0.25) is 5.91 Å². The molecule has 0 saturated heterocycles. The van der Waals surface area contributed by atoms with Gasteiger partial charge in [-0.15, -0.1) is 0 Å². The number of methoxy groups -OCH3 is 1. The molecule has 1 aliphatic rings. The molecule has 5 heteroatoms. The maximum Gasteiger partial charge on any atom is 0.314 e. The minimum Gasteiger partial charge on any atom is -0.492 e. The lowest BCUT2D eigenvalue weighted by molar-refractivity contribution is -0.152. The van der Waals surface area contributed by atoms with Crippen molar-refractivity contribution in [1.82, 2.24) is 0 Å². The number of hydrogen-bond acceptors (Lipinski definition) is 4. The maximum absolute atomic E-state index is 11.6. The van der Waals surface area contributed by atoms with Gasteiger partial charge in [0.05, 0.1) is 12.5 Å². The number of nitrogens with one attached hydrogen (secondary N) is 1. The summed E-state index contributed by atoms with van der Waals surface area (Å²) in [4.78, 5) is 22.9. The highest BCUT2D eigenvalue weighted by Crippen LogP contribution is 2.28. The number of hydrogen-bond donors (Lipinski definition) is 1. The number of esters is 1. The van der Waals surface area contributed by atoms with Gasteiger partial charge in [0.15, 0.2) is 0 Å². The first-order chi connectivity index (χ1) is 9.42. The van der Waals surface area contributed by atoms with Crippen LogP contribution in [0.2, 0.25) is 0 Å². The molecule has 0 saturated carbocycles. The van der Waals surface area contributed by atoms with Crippen LogP contribution >= 0.6 is 0 Å². The summed E-state index contributed by atoms with van der Waals surface area (Å²) >= 11 is 0. The molecule has 0 aromatic heterocycles. The molecule has 2 rings (SSSR count). The summed E-state index contributed by atoms with van der Waals surface area (Å²) in [6.45, 7) is 3.79. The molecule has 1 aromatic carbocycles. The van der Waals surface area contributed by atoms with E-state index in [1.54, 1.807) is 19.9 Å². The molecule has 0 spiro atoms. The van der Waals surface area contributed by atoms with Gasteiger partial charge in [-0.05, 0) is 44.0 Å². The average molecular weight is 277 g/mol. The molecule has 1 aliphatic heterocycles. The summed E-state index contributed by atoms with van der Waals surface area (Å²) in [6.07, 6.45) is 1.20. The molecule has 0 aliphatic carbocycles. The molecule has 0 atom stereocenters. The van der Waals surface area contributed by atoms with Gasteiger partial charge < -0.3 is 14.8 Å². The van der Waals surface area contributed by atoms with Crippen LogP contribution in [0.3, 0.4) is 0 Å².